The summed E-state index contributed by atoms with van der Waals surface area (Å²) in [6.07, 6.45) is 1.03. The second-order valence-electron chi connectivity index (χ2n) is 6.89. The zero-order valence-electron chi connectivity index (χ0n) is 14.2. The fourth-order valence-electron chi connectivity index (χ4n) is 3.35. The van der Waals surface area contributed by atoms with Crippen molar-refractivity contribution in [3.63, 3.8) is 0 Å². The number of aliphatic hydroxyl groups excluding tert-OH is 1. The van der Waals surface area contributed by atoms with Gasteiger partial charge in [-0.2, -0.15) is 5.10 Å². The highest BCUT2D eigenvalue weighted by molar-refractivity contribution is 5.25. The molecule has 2 atom stereocenters. The normalized spacial score (nSPS) is 27.7. The zero-order valence-corrected chi connectivity index (χ0v) is 14.2. The highest BCUT2D eigenvalue weighted by Gasteiger charge is 2.57. The average Bonchev–Trinajstić information content (AvgIpc) is 2.70. The van der Waals surface area contributed by atoms with Crippen LogP contribution in [0.5, 0.6) is 0 Å². The first-order valence-electron chi connectivity index (χ1n) is 7.69. The smallest absolute Gasteiger partial charge is 0.0731 e. The lowest BCUT2D eigenvalue weighted by molar-refractivity contribution is -0.180. The largest absolute Gasteiger partial charge is 0.394 e. The Kier molecular flexibility index (Phi) is 4.47. The molecule has 0 saturated heterocycles. The van der Waals surface area contributed by atoms with Gasteiger partial charge in [0.1, 0.15) is 0 Å². The number of nitrogens with zero attached hydrogens (tertiary/aromatic N) is 2. The topological polar surface area (TPSA) is 59.3 Å². The molecule has 2 unspecified atom stereocenters. The predicted octanol–water partition coefficient (Wildman–Crippen LogP) is 1.79. The second kappa shape index (κ2) is 5.71. The molecule has 5 heteroatoms. The van der Waals surface area contributed by atoms with Gasteiger partial charge in [0.25, 0.3) is 0 Å². The molecule has 0 amide bonds. The van der Waals surface area contributed by atoms with E-state index in [1.165, 1.54) is 5.56 Å². The van der Waals surface area contributed by atoms with Gasteiger partial charge in [-0.1, -0.05) is 13.8 Å². The van der Waals surface area contributed by atoms with Crippen molar-refractivity contribution in [1.29, 1.82) is 0 Å². The Labute approximate surface area is 127 Å². The first-order chi connectivity index (χ1) is 9.76. The van der Waals surface area contributed by atoms with Gasteiger partial charge in [-0.15, -0.1) is 0 Å². The van der Waals surface area contributed by atoms with Crippen molar-refractivity contribution < 1.29 is 9.84 Å². The maximum absolute atomic E-state index is 9.07. The number of nitrogens with one attached hydrogen (secondary N) is 1. The SMILES string of the molecule is COC1(C)CC(NCc2c(C)nn(CCO)c2C)C1(C)C. The molecule has 0 aliphatic heterocycles. The molecule has 1 fully saturated rings. The van der Waals surface area contributed by atoms with Crippen LogP contribution in [-0.4, -0.2) is 40.2 Å². The maximum atomic E-state index is 9.07. The van der Waals surface area contributed by atoms with Gasteiger partial charge in [-0.05, 0) is 27.2 Å². The summed E-state index contributed by atoms with van der Waals surface area (Å²) in [5.41, 5.74) is 3.49. The van der Waals surface area contributed by atoms with Crippen molar-refractivity contribution in [3.05, 3.63) is 17.0 Å². The molecule has 2 rings (SSSR count). The van der Waals surface area contributed by atoms with E-state index < -0.39 is 0 Å². The van der Waals surface area contributed by atoms with Crippen LogP contribution in [0.1, 0.15) is 44.1 Å². The van der Waals surface area contributed by atoms with Crippen molar-refractivity contribution in [2.24, 2.45) is 5.41 Å². The molecule has 0 bridgehead atoms. The summed E-state index contributed by atoms with van der Waals surface area (Å²) in [4.78, 5) is 0. The lowest BCUT2D eigenvalue weighted by Gasteiger charge is -2.59. The highest BCUT2D eigenvalue weighted by atomic mass is 16.5. The molecular formula is C16H29N3O2. The standard InChI is InChI=1S/C16H29N3O2/c1-11-13(12(2)19(18-11)7-8-20)10-17-14-9-16(5,21-6)15(14,3)4/h14,17,20H,7-10H2,1-6H3. The van der Waals surface area contributed by atoms with Gasteiger partial charge in [-0.3, -0.25) is 4.68 Å². The fraction of sp³-hybridized carbons (Fsp3) is 0.812. The molecule has 120 valence electrons. The van der Waals surface area contributed by atoms with Crippen LogP contribution in [0.2, 0.25) is 0 Å². The van der Waals surface area contributed by atoms with Crippen LogP contribution in [0.3, 0.4) is 0 Å². The van der Waals surface area contributed by atoms with E-state index in [1.807, 2.05) is 11.6 Å². The summed E-state index contributed by atoms with van der Waals surface area (Å²) in [5, 5.41) is 17.2. The summed E-state index contributed by atoms with van der Waals surface area (Å²) >= 11 is 0. The Bertz CT molecular complexity index is 510. The van der Waals surface area contributed by atoms with Gasteiger partial charge in [0.2, 0.25) is 0 Å². The zero-order chi connectivity index (χ0) is 15.8. The minimum absolute atomic E-state index is 0.0458. The average molecular weight is 295 g/mol. The summed E-state index contributed by atoms with van der Waals surface area (Å²) in [7, 11) is 1.80. The fourth-order valence-corrected chi connectivity index (χ4v) is 3.35. The minimum Gasteiger partial charge on any atom is -0.394 e. The summed E-state index contributed by atoms with van der Waals surface area (Å²) in [6, 6.07) is 0.447. The summed E-state index contributed by atoms with van der Waals surface area (Å²) in [5.74, 6) is 0. The van der Waals surface area contributed by atoms with E-state index in [1.54, 1.807) is 7.11 Å². The van der Waals surface area contributed by atoms with Crippen LogP contribution in [0.4, 0.5) is 0 Å². The number of aryl methyl sites for hydroxylation is 1. The second-order valence-corrected chi connectivity index (χ2v) is 6.89. The predicted molar refractivity (Wildman–Crippen MR) is 83.2 cm³/mol. The van der Waals surface area contributed by atoms with E-state index in [9.17, 15) is 0 Å². The third-order valence-corrected chi connectivity index (χ3v) is 5.65. The molecule has 1 aromatic heterocycles. The van der Waals surface area contributed by atoms with E-state index in [0.29, 0.717) is 12.6 Å². The quantitative estimate of drug-likeness (QED) is 0.840. The maximum Gasteiger partial charge on any atom is 0.0731 e. The van der Waals surface area contributed by atoms with Crippen molar-refractivity contribution in [3.8, 4) is 0 Å². The number of rotatable bonds is 6. The van der Waals surface area contributed by atoms with Crippen LogP contribution >= 0.6 is 0 Å². The van der Waals surface area contributed by atoms with Crippen molar-refractivity contribution in [1.82, 2.24) is 15.1 Å². The lowest BCUT2D eigenvalue weighted by atomic mass is 9.56. The number of ether oxygens (including phenoxy) is 1. The number of hydrogen-bond donors (Lipinski definition) is 2. The van der Waals surface area contributed by atoms with Crippen LogP contribution < -0.4 is 5.32 Å². The van der Waals surface area contributed by atoms with Crippen molar-refractivity contribution >= 4 is 0 Å². The molecule has 0 spiro atoms. The molecule has 5 nitrogen and oxygen atoms in total. The third-order valence-electron chi connectivity index (χ3n) is 5.65. The van der Waals surface area contributed by atoms with Crippen LogP contribution in [0.15, 0.2) is 0 Å². The summed E-state index contributed by atoms with van der Waals surface area (Å²) in [6.45, 7) is 12.3. The Balaban J connectivity index is 2.02. The lowest BCUT2D eigenvalue weighted by Crippen LogP contribution is -2.67. The summed E-state index contributed by atoms with van der Waals surface area (Å²) < 4.78 is 7.56. The van der Waals surface area contributed by atoms with E-state index in [4.69, 9.17) is 9.84 Å². The van der Waals surface area contributed by atoms with E-state index in [2.05, 4.69) is 38.1 Å². The van der Waals surface area contributed by atoms with Gasteiger partial charge in [0, 0.05) is 36.4 Å². The molecule has 0 radical (unpaired) electrons. The van der Waals surface area contributed by atoms with E-state index in [0.717, 1.165) is 24.4 Å². The van der Waals surface area contributed by atoms with Crippen LogP contribution in [0.25, 0.3) is 0 Å². The molecule has 1 aliphatic carbocycles. The first kappa shape index (κ1) is 16.5. The van der Waals surface area contributed by atoms with E-state index >= 15 is 0 Å². The van der Waals surface area contributed by atoms with Crippen molar-refractivity contribution in [2.45, 2.75) is 65.8 Å². The molecule has 1 heterocycles. The molecule has 2 N–H and O–H groups in total. The molecule has 1 aliphatic rings. The van der Waals surface area contributed by atoms with E-state index in [-0.39, 0.29) is 17.6 Å². The van der Waals surface area contributed by atoms with Crippen LogP contribution in [-0.2, 0) is 17.8 Å². The Morgan fingerprint density at radius 2 is 2.05 bits per heavy atom. The van der Waals surface area contributed by atoms with Gasteiger partial charge >= 0.3 is 0 Å². The number of aliphatic hydroxyl groups is 1. The number of aromatic nitrogens is 2. The molecule has 21 heavy (non-hydrogen) atoms. The Morgan fingerprint density at radius 1 is 1.38 bits per heavy atom. The number of methoxy groups -OCH3 is 1. The third kappa shape index (κ3) is 2.62. The molecule has 1 saturated carbocycles. The Morgan fingerprint density at radius 3 is 2.57 bits per heavy atom. The van der Waals surface area contributed by atoms with Gasteiger partial charge in [0.15, 0.2) is 0 Å². The first-order valence-corrected chi connectivity index (χ1v) is 7.69. The molecule has 1 aromatic rings. The van der Waals surface area contributed by atoms with Gasteiger partial charge < -0.3 is 15.2 Å². The van der Waals surface area contributed by atoms with Gasteiger partial charge in [0.05, 0.1) is 24.4 Å². The van der Waals surface area contributed by atoms with Gasteiger partial charge in [-0.25, -0.2) is 0 Å². The molecule has 0 aromatic carbocycles. The van der Waals surface area contributed by atoms with Crippen LogP contribution in [0, 0.1) is 19.3 Å². The van der Waals surface area contributed by atoms with Crippen molar-refractivity contribution in [2.75, 3.05) is 13.7 Å². The monoisotopic (exact) mass is 295 g/mol. The molecular weight excluding hydrogens is 266 g/mol. The minimum atomic E-state index is -0.0458. The highest BCUT2D eigenvalue weighted by Crippen LogP contribution is 2.51. The number of hydrogen-bond acceptors (Lipinski definition) is 4. The Hall–Kier alpha value is -0.910.